The second-order valence-electron chi connectivity index (χ2n) is 5.76. The van der Waals surface area contributed by atoms with Gasteiger partial charge in [0.15, 0.2) is 0 Å². The molecule has 1 N–H and O–H groups in total. The molecule has 0 unspecified atom stereocenters. The van der Waals surface area contributed by atoms with E-state index >= 15 is 0 Å². The van der Waals surface area contributed by atoms with Crippen LogP contribution in [0.5, 0.6) is 0 Å². The summed E-state index contributed by atoms with van der Waals surface area (Å²) in [5, 5.41) is 8.20. The highest BCUT2D eigenvalue weighted by molar-refractivity contribution is 7.98. The molecule has 3 aromatic rings. The summed E-state index contributed by atoms with van der Waals surface area (Å²) in [7, 11) is 0. The Morgan fingerprint density at radius 1 is 1.27 bits per heavy atom. The summed E-state index contributed by atoms with van der Waals surface area (Å²) in [6.45, 7) is 4.19. The molecule has 134 valence electrons. The number of thioether (sulfide) groups is 1. The number of aromatic nitrogens is 2. The largest absolute Gasteiger partial charge is 0.361 e. The molecule has 2 aromatic heterocycles. The zero-order valence-corrected chi connectivity index (χ0v) is 16.0. The number of rotatable bonds is 6. The summed E-state index contributed by atoms with van der Waals surface area (Å²) in [6.07, 6.45) is 1.68. The standard InChI is InChI=1S/C19H18ClN3O2S/c1-12-17(13(2)25-23-12)11-26-19-16(7-4-8-21-19)18(24)22-10-14-5-3-6-15(20)9-14/h3-9H,10-11H2,1-2H3,(H,22,24). The van der Waals surface area contributed by atoms with Gasteiger partial charge in [0.25, 0.3) is 5.91 Å². The maximum absolute atomic E-state index is 12.6. The minimum Gasteiger partial charge on any atom is -0.361 e. The number of carbonyl (C=O) groups excluding carboxylic acids is 1. The van der Waals surface area contributed by atoms with Crippen molar-refractivity contribution in [1.82, 2.24) is 15.5 Å². The van der Waals surface area contributed by atoms with E-state index in [-0.39, 0.29) is 5.91 Å². The van der Waals surface area contributed by atoms with E-state index in [1.807, 2.05) is 32.0 Å². The first-order chi connectivity index (χ1) is 12.5. The highest BCUT2D eigenvalue weighted by atomic mass is 35.5. The molecule has 1 aromatic carbocycles. The number of nitrogens with zero attached hydrogens (tertiary/aromatic N) is 2. The van der Waals surface area contributed by atoms with E-state index in [1.165, 1.54) is 11.8 Å². The molecule has 0 aliphatic heterocycles. The zero-order chi connectivity index (χ0) is 18.5. The summed E-state index contributed by atoms with van der Waals surface area (Å²) in [4.78, 5) is 16.9. The first-order valence-corrected chi connectivity index (χ1v) is 9.43. The van der Waals surface area contributed by atoms with E-state index in [1.54, 1.807) is 24.4 Å². The van der Waals surface area contributed by atoms with Crippen LogP contribution in [-0.2, 0) is 12.3 Å². The number of hydrogen-bond acceptors (Lipinski definition) is 5. The van der Waals surface area contributed by atoms with Gasteiger partial charge in [-0.25, -0.2) is 4.98 Å². The van der Waals surface area contributed by atoms with Crippen molar-refractivity contribution >= 4 is 29.3 Å². The van der Waals surface area contributed by atoms with E-state index in [2.05, 4.69) is 15.5 Å². The van der Waals surface area contributed by atoms with Crippen LogP contribution >= 0.6 is 23.4 Å². The second-order valence-corrected chi connectivity index (χ2v) is 7.16. The number of pyridine rings is 1. The van der Waals surface area contributed by atoms with Crippen molar-refractivity contribution in [2.45, 2.75) is 31.2 Å². The van der Waals surface area contributed by atoms with Gasteiger partial charge in [-0.15, -0.1) is 11.8 Å². The summed E-state index contributed by atoms with van der Waals surface area (Å²) in [5.74, 6) is 1.27. The van der Waals surface area contributed by atoms with Crippen LogP contribution in [0.25, 0.3) is 0 Å². The number of nitrogens with one attached hydrogen (secondary N) is 1. The molecule has 2 heterocycles. The van der Waals surface area contributed by atoms with Gasteiger partial charge in [0.2, 0.25) is 0 Å². The van der Waals surface area contributed by atoms with Crippen molar-refractivity contribution in [3.63, 3.8) is 0 Å². The van der Waals surface area contributed by atoms with Crippen molar-refractivity contribution in [2.24, 2.45) is 0 Å². The maximum atomic E-state index is 12.6. The van der Waals surface area contributed by atoms with E-state index in [9.17, 15) is 4.79 Å². The quantitative estimate of drug-likeness (QED) is 0.628. The Hall–Kier alpha value is -2.31. The molecule has 0 saturated carbocycles. The van der Waals surface area contributed by atoms with E-state index in [4.69, 9.17) is 16.1 Å². The Morgan fingerprint density at radius 2 is 2.12 bits per heavy atom. The summed E-state index contributed by atoms with van der Waals surface area (Å²) >= 11 is 7.47. The van der Waals surface area contributed by atoms with E-state index in [0.717, 1.165) is 22.6 Å². The van der Waals surface area contributed by atoms with Crippen LogP contribution in [0, 0.1) is 13.8 Å². The van der Waals surface area contributed by atoms with Gasteiger partial charge in [-0.3, -0.25) is 4.79 Å². The van der Waals surface area contributed by atoms with Gasteiger partial charge in [0, 0.05) is 29.1 Å². The smallest absolute Gasteiger partial charge is 0.254 e. The molecule has 0 atom stereocenters. The zero-order valence-electron chi connectivity index (χ0n) is 14.5. The molecule has 0 radical (unpaired) electrons. The van der Waals surface area contributed by atoms with E-state index < -0.39 is 0 Å². The van der Waals surface area contributed by atoms with Crippen molar-refractivity contribution in [3.8, 4) is 0 Å². The predicted molar refractivity (Wildman–Crippen MR) is 102 cm³/mol. The van der Waals surface area contributed by atoms with Gasteiger partial charge in [0.1, 0.15) is 10.8 Å². The lowest BCUT2D eigenvalue weighted by Crippen LogP contribution is -2.23. The third-order valence-corrected chi connectivity index (χ3v) is 5.16. The Bertz CT molecular complexity index is 907. The lowest BCUT2D eigenvalue weighted by atomic mass is 10.2. The number of benzene rings is 1. The molecule has 0 fully saturated rings. The molecule has 26 heavy (non-hydrogen) atoms. The second kappa shape index (κ2) is 8.38. The summed E-state index contributed by atoms with van der Waals surface area (Å²) < 4.78 is 5.18. The molecular weight excluding hydrogens is 370 g/mol. The van der Waals surface area contributed by atoms with Gasteiger partial charge in [-0.2, -0.15) is 0 Å². The Labute approximate surface area is 161 Å². The van der Waals surface area contributed by atoms with Crippen molar-refractivity contribution in [1.29, 1.82) is 0 Å². The number of halogens is 1. The molecule has 0 aliphatic carbocycles. The molecule has 0 saturated heterocycles. The average Bonchev–Trinajstić information content (AvgIpc) is 2.96. The normalized spacial score (nSPS) is 10.7. The molecule has 7 heteroatoms. The molecule has 3 rings (SSSR count). The van der Waals surface area contributed by atoms with Crippen molar-refractivity contribution < 1.29 is 9.32 Å². The minimum absolute atomic E-state index is 0.167. The summed E-state index contributed by atoms with van der Waals surface area (Å²) in [6, 6.07) is 10.9. The molecule has 0 spiro atoms. The Kier molecular flexibility index (Phi) is 5.96. The molecule has 0 bridgehead atoms. The lowest BCUT2D eigenvalue weighted by molar-refractivity contribution is 0.0947. The third-order valence-electron chi connectivity index (χ3n) is 3.89. The number of amides is 1. The van der Waals surface area contributed by atoms with Crippen LogP contribution in [0.15, 0.2) is 52.1 Å². The number of aryl methyl sites for hydroxylation is 2. The first kappa shape index (κ1) is 18.5. The lowest BCUT2D eigenvalue weighted by Gasteiger charge is -2.09. The topological polar surface area (TPSA) is 68.0 Å². The number of carbonyl (C=O) groups is 1. The van der Waals surface area contributed by atoms with Gasteiger partial charge >= 0.3 is 0 Å². The average molecular weight is 388 g/mol. The van der Waals surface area contributed by atoms with Crippen LogP contribution in [0.2, 0.25) is 5.02 Å². The fraction of sp³-hybridized carbons (Fsp3) is 0.211. The van der Waals surface area contributed by atoms with Crippen LogP contribution < -0.4 is 5.32 Å². The van der Waals surface area contributed by atoms with Crippen molar-refractivity contribution in [3.05, 3.63) is 75.8 Å². The first-order valence-electron chi connectivity index (χ1n) is 8.07. The Morgan fingerprint density at radius 3 is 2.85 bits per heavy atom. The van der Waals surface area contributed by atoms with Gasteiger partial charge in [-0.05, 0) is 43.7 Å². The van der Waals surface area contributed by atoms with Gasteiger partial charge < -0.3 is 9.84 Å². The minimum atomic E-state index is -0.167. The maximum Gasteiger partial charge on any atom is 0.254 e. The highest BCUT2D eigenvalue weighted by Crippen LogP contribution is 2.27. The SMILES string of the molecule is Cc1noc(C)c1CSc1ncccc1C(=O)NCc1cccc(Cl)c1. The highest BCUT2D eigenvalue weighted by Gasteiger charge is 2.15. The molecule has 5 nitrogen and oxygen atoms in total. The monoisotopic (exact) mass is 387 g/mol. The summed E-state index contributed by atoms with van der Waals surface area (Å²) in [5.41, 5.74) is 3.38. The van der Waals surface area contributed by atoms with Gasteiger partial charge in [0.05, 0.1) is 11.3 Å². The molecular formula is C19H18ClN3O2S. The predicted octanol–water partition coefficient (Wildman–Crippen LogP) is 4.56. The Balaban J connectivity index is 1.69. The molecule has 0 aliphatic rings. The number of hydrogen-bond donors (Lipinski definition) is 1. The van der Waals surface area contributed by atoms with Gasteiger partial charge in [-0.1, -0.05) is 28.9 Å². The van der Waals surface area contributed by atoms with Crippen LogP contribution in [0.3, 0.4) is 0 Å². The van der Waals surface area contributed by atoms with Crippen LogP contribution in [-0.4, -0.2) is 16.0 Å². The molecule has 1 amide bonds. The fourth-order valence-electron chi connectivity index (χ4n) is 2.45. The van der Waals surface area contributed by atoms with Crippen LogP contribution in [0.4, 0.5) is 0 Å². The van der Waals surface area contributed by atoms with Crippen LogP contribution in [0.1, 0.15) is 32.9 Å². The third kappa shape index (κ3) is 4.45. The van der Waals surface area contributed by atoms with E-state index in [0.29, 0.717) is 27.9 Å². The van der Waals surface area contributed by atoms with Crippen molar-refractivity contribution in [2.75, 3.05) is 0 Å². The fourth-order valence-corrected chi connectivity index (χ4v) is 3.81.